The summed E-state index contributed by atoms with van der Waals surface area (Å²) in [4.78, 5) is 24.6. The highest BCUT2D eigenvalue weighted by Gasteiger charge is 2.12. The molecule has 0 radical (unpaired) electrons. The van der Waals surface area contributed by atoms with Gasteiger partial charge in [-0.1, -0.05) is 0 Å². The lowest BCUT2D eigenvalue weighted by molar-refractivity contribution is 0.0953. The van der Waals surface area contributed by atoms with Crippen molar-refractivity contribution in [2.75, 3.05) is 7.11 Å². The van der Waals surface area contributed by atoms with Crippen LogP contribution < -0.4 is 20.5 Å². The van der Waals surface area contributed by atoms with Gasteiger partial charge < -0.3 is 14.0 Å². The second kappa shape index (κ2) is 9.02. The first-order chi connectivity index (χ1) is 12.8. The van der Waals surface area contributed by atoms with Crippen molar-refractivity contribution >= 4 is 12.1 Å². The molecule has 27 heavy (non-hydrogen) atoms. The van der Waals surface area contributed by atoms with Gasteiger partial charge in [0, 0.05) is 12.2 Å². The smallest absolute Gasteiger partial charge is 0.276 e. The number of nitrogens with zero attached hydrogens (tertiary/aromatic N) is 2. The molecule has 0 atom stereocenters. The highest BCUT2D eigenvalue weighted by molar-refractivity contribution is 5.94. The molecule has 0 bridgehead atoms. The Morgan fingerprint density at radius 3 is 2.56 bits per heavy atom. The van der Waals surface area contributed by atoms with Crippen molar-refractivity contribution < 1.29 is 14.3 Å². The topological polar surface area (TPSA) is 81.9 Å². The molecule has 0 spiro atoms. The number of amides is 1. The van der Waals surface area contributed by atoms with E-state index in [9.17, 15) is 9.59 Å². The molecule has 0 aliphatic rings. The van der Waals surface area contributed by atoms with Crippen LogP contribution in [0.3, 0.4) is 0 Å². The van der Waals surface area contributed by atoms with Crippen molar-refractivity contribution in [2.45, 2.75) is 39.8 Å². The van der Waals surface area contributed by atoms with Crippen LogP contribution >= 0.6 is 0 Å². The van der Waals surface area contributed by atoms with Gasteiger partial charge >= 0.3 is 0 Å². The fourth-order valence-corrected chi connectivity index (χ4v) is 2.43. The third kappa shape index (κ3) is 5.20. The van der Waals surface area contributed by atoms with Gasteiger partial charge in [0.25, 0.3) is 11.5 Å². The number of ether oxygens (including phenoxy) is 2. The highest BCUT2D eigenvalue weighted by atomic mass is 16.5. The summed E-state index contributed by atoms with van der Waals surface area (Å²) in [5.41, 5.74) is 2.80. The van der Waals surface area contributed by atoms with Crippen molar-refractivity contribution in [3.63, 3.8) is 0 Å². The number of pyridine rings is 1. The molecule has 0 saturated heterocycles. The van der Waals surface area contributed by atoms with Gasteiger partial charge in [-0.25, -0.2) is 5.43 Å². The Labute approximate surface area is 158 Å². The first-order valence-corrected chi connectivity index (χ1v) is 8.72. The number of hydrazone groups is 1. The van der Waals surface area contributed by atoms with Crippen molar-refractivity contribution in [3.8, 4) is 11.5 Å². The average Bonchev–Trinajstić information content (AvgIpc) is 2.62. The number of nitrogens with one attached hydrogen (secondary N) is 1. The number of carbonyl (C=O) groups is 1. The third-order valence-corrected chi connectivity index (χ3v) is 3.71. The number of hydrogen-bond donors (Lipinski definition) is 1. The molecule has 0 unspecified atom stereocenters. The molecule has 1 heterocycles. The zero-order chi connectivity index (χ0) is 20.0. The average molecular weight is 371 g/mol. The van der Waals surface area contributed by atoms with Gasteiger partial charge in [-0.2, -0.15) is 5.10 Å². The first kappa shape index (κ1) is 20.2. The molecule has 0 aliphatic carbocycles. The lowest BCUT2D eigenvalue weighted by atomic mass is 10.2. The van der Waals surface area contributed by atoms with E-state index in [1.807, 2.05) is 27.7 Å². The summed E-state index contributed by atoms with van der Waals surface area (Å²) in [7, 11) is 1.56. The van der Waals surface area contributed by atoms with Gasteiger partial charge in [-0.15, -0.1) is 0 Å². The highest BCUT2D eigenvalue weighted by Crippen LogP contribution is 2.28. The standard InChI is InChI=1S/C20H25N3O4/c1-13(2)23-10-6-7-16(20(23)25)19(24)22-21-12-15-8-9-17(27-14(3)4)18(11-15)26-5/h6-14H,1-5H3,(H,22,24)/b21-12-. The maximum Gasteiger partial charge on any atom is 0.276 e. The minimum atomic E-state index is -0.557. The molecular weight excluding hydrogens is 346 g/mol. The van der Waals surface area contributed by atoms with Crippen LogP contribution in [-0.2, 0) is 0 Å². The van der Waals surface area contributed by atoms with Crippen LogP contribution in [-0.4, -0.2) is 29.9 Å². The van der Waals surface area contributed by atoms with E-state index < -0.39 is 5.91 Å². The van der Waals surface area contributed by atoms with E-state index in [1.165, 1.54) is 16.8 Å². The monoisotopic (exact) mass is 371 g/mol. The summed E-state index contributed by atoms with van der Waals surface area (Å²) in [5.74, 6) is 0.645. The molecule has 1 N–H and O–H groups in total. The fourth-order valence-electron chi connectivity index (χ4n) is 2.43. The largest absolute Gasteiger partial charge is 0.493 e. The molecule has 1 amide bonds. The number of aromatic nitrogens is 1. The van der Waals surface area contributed by atoms with Crippen LogP contribution in [0.1, 0.15) is 49.7 Å². The Morgan fingerprint density at radius 1 is 1.19 bits per heavy atom. The number of hydrogen-bond acceptors (Lipinski definition) is 5. The Balaban J connectivity index is 2.12. The zero-order valence-corrected chi connectivity index (χ0v) is 16.2. The van der Waals surface area contributed by atoms with Crippen molar-refractivity contribution in [2.24, 2.45) is 5.10 Å². The minimum Gasteiger partial charge on any atom is -0.493 e. The van der Waals surface area contributed by atoms with Crippen molar-refractivity contribution in [3.05, 3.63) is 58.0 Å². The van der Waals surface area contributed by atoms with Crippen LogP contribution in [0.25, 0.3) is 0 Å². The normalized spacial score (nSPS) is 11.2. The SMILES string of the molecule is COc1cc(/C=N\NC(=O)c2cccn(C(C)C)c2=O)ccc1OC(C)C. The maximum atomic E-state index is 12.3. The number of rotatable bonds is 7. The summed E-state index contributed by atoms with van der Waals surface area (Å²) in [6.45, 7) is 7.62. The molecule has 0 aliphatic heterocycles. The molecular formula is C20H25N3O4. The summed E-state index contributed by atoms with van der Waals surface area (Å²) in [6, 6.07) is 8.44. The Kier molecular flexibility index (Phi) is 6.76. The number of methoxy groups -OCH3 is 1. The molecule has 7 heteroatoms. The molecule has 1 aromatic carbocycles. The van der Waals surface area contributed by atoms with Crippen LogP contribution in [0.4, 0.5) is 0 Å². The molecule has 0 saturated carbocycles. The Morgan fingerprint density at radius 2 is 1.93 bits per heavy atom. The second-order valence-electron chi connectivity index (χ2n) is 6.50. The van der Waals surface area contributed by atoms with Crippen LogP contribution in [0.2, 0.25) is 0 Å². The molecule has 0 fully saturated rings. The zero-order valence-electron chi connectivity index (χ0n) is 16.2. The van der Waals surface area contributed by atoms with E-state index in [0.717, 1.165) is 5.56 Å². The van der Waals surface area contributed by atoms with Gasteiger partial charge in [0.1, 0.15) is 5.56 Å². The number of carbonyl (C=O) groups excluding carboxylic acids is 1. The third-order valence-electron chi connectivity index (χ3n) is 3.71. The van der Waals surface area contributed by atoms with Crippen molar-refractivity contribution in [1.82, 2.24) is 9.99 Å². The van der Waals surface area contributed by atoms with Crippen LogP contribution in [0.5, 0.6) is 11.5 Å². The minimum absolute atomic E-state index is 0.0264. The molecule has 144 valence electrons. The summed E-state index contributed by atoms with van der Waals surface area (Å²) >= 11 is 0. The molecule has 2 aromatic rings. The van der Waals surface area contributed by atoms with E-state index in [0.29, 0.717) is 11.5 Å². The van der Waals surface area contributed by atoms with Gasteiger partial charge in [0.05, 0.1) is 19.4 Å². The lowest BCUT2D eigenvalue weighted by Gasteiger charge is -2.13. The van der Waals surface area contributed by atoms with E-state index >= 15 is 0 Å². The predicted molar refractivity (Wildman–Crippen MR) is 105 cm³/mol. The summed E-state index contributed by atoms with van der Waals surface area (Å²) in [6.07, 6.45) is 3.15. The Bertz CT molecular complexity index is 885. The van der Waals surface area contributed by atoms with Gasteiger partial charge in [0.2, 0.25) is 0 Å². The molecule has 2 rings (SSSR count). The first-order valence-electron chi connectivity index (χ1n) is 8.72. The quantitative estimate of drug-likeness (QED) is 0.599. The van der Waals surface area contributed by atoms with Gasteiger partial charge in [0.15, 0.2) is 11.5 Å². The van der Waals surface area contributed by atoms with E-state index in [2.05, 4.69) is 10.5 Å². The Hall–Kier alpha value is -3.09. The summed E-state index contributed by atoms with van der Waals surface area (Å²) < 4.78 is 12.5. The second-order valence-corrected chi connectivity index (χ2v) is 6.50. The van der Waals surface area contributed by atoms with E-state index in [-0.39, 0.29) is 23.3 Å². The van der Waals surface area contributed by atoms with Gasteiger partial charge in [-0.3, -0.25) is 9.59 Å². The van der Waals surface area contributed by atoms with Crippen LogP contribution in [0.15, 0.2) is 46.4 Å². The maximum absolute atomic E-state index is 12.3. The van der Waals surface area contributed by atoms with Crippen LogP contribution in [0, 0.1) is 0 Å². The fraction of sp³-hybridized carbons (Fsp3) is 0.350. The number of benzene rings is 1. The predicted octanol–water partition coefficient (Wildman–Crippen LogP) is 2.99. The molecule has 1 aromatic heterocycles. The lowest BCUT2D eigenvalue weighted by Crippen LogP contribution is -2.31. The van der Waals surface area contributed by atoms with E-state index in [4.69, 9.17) is 9.47 Å². The summed E-state index contributed by atoms with van der Waals surface area (Å²) in [5, 5.41) is 3.93. The van der Waals surface area contributed by atoms with E-state index in [1.54, 1.807) is 37.6 Å². The van der Waals surface area contributed by atoms with Gasteiger partial charge in [-0.05, 0) is 63.6 Å². The van der Waals surface area contributed by atoms with Crippen molar-refractivity contribution in [1.29, 1.82) is 0 Å². The molecule has 7 nitrogen and oxygen atoms in total.